The van der Waals surface area contributed by atoms with E-state index in [0.29, 0.717) is 27.9 Å². The van der Waals surface area contributed by atoms with E-state index < -0.39 is 12.1 Å². The maximum absolute atomic E-state index is 12.5. The van der Waals surface area contributed by atoms with Gasteiger partial charge in [-0.1, -0.05) is 30.3 Å². The fraction of sp³-hybridized carbons (Fsp3) is 0.250. The molecule has 33 heavy (non-hydrogen) atoms. The minimum absolute atomic E-state index is 0.0140. The number of anilines is 3. The van der Waals surface area contributed by atoms with Crippen LogP contribution in [-0.4, -0.2) is 35.4 Å². The van der Waals surface area contributed by atoms with E-state index in [4.69, 9.17) is 9.47 Å². The minimum Gasteiger partial charge on any atom is -0.479 e. The number of aromatic nitrogens is 1. The second kappa shape index (κ2) is 9.83. The smallest absolute Gasteiger partial charge is 0.307 e. The molecule has 0 saturated heterocycles. The zero-order chi connectivity index (χ0) is 23.4. The Balaban J connectivity index is 1.35. The van der Waals surface area contributed by atoms with E-state index in [-0.39, 0.29) is 31.4 Å². The highest BCUT2D eigenvalue weighted by molar-refractivity contribution is 7.14. The van der Waals surface area contributed by atoms with Crippen LogP contribution >= 0.6 is 11.3 Å². The van der Waals surface area contributed by atoms with Gasteiger partial charge in [-0.05, 0) is 31.2 Å². The average Bonchev–Trinajstić information content (AvgIpc) is 3.27. The van der Waals surface area contributed by atoms with E-state index in [1.807, 2.05) is 42.5 Å². The molecule has 4 rings (SSSR count). The summed E-state index contributed by atoms with van der Waals surface area (Å²) in [4.78, 5) is 44.5. The fourth-order valence-corrected chi connectivity index (χ4v) is 4.36. The van der Waals surface area contributed by atoms with Crippen molar-refractivity contribution in [2.24, 2.45) is 0 Å². The molecule has 0 N–H and O–H groups in total. The predicted octanol–water partition coefficient (Wildman–Crippen LogP) is 4.08. The maximum atomic E-state index is 12.5. The van der Waals surface area contributed by atoms with Crippen molar-refractivity contribution in [1.29, 1.82) is 0 Å². The first-order valence-electron chi connectivity index (χ1n) is 10.5. The van der Waals surface area contributed by atoms with Crippen LogP contribution in [0.15, 0.2) is 60.0 Å². The lowest BCUT2D eigenvalue weighted by Crippen LogP contribution is -2.45. The molecular formula is C24H23N3O5S. The standard InChI is InChI=1S/C24H23N3O5S/c1-16-23(30)26(20-10-6-7-11-21(20)32-16)13-12-22(29)31-14-18-15-33-24(25-18)27(17(2)28)19-8-4-3-5-9-19/h3-11,15-16H,12-14H2,1-2H3. The third-order valence-electron chi connectivity index (χ3n) is 5.05. The number of fused-ring (bicyclic) bond motifs is 1. The molecule has 1 aromatic heterocycles. The Labute approximate surface area is 195 Å². The van der Waals surface area contributed by atoms with E-state index in [9.17, 15) is 14.4 Å². The molecule has 0 bridgehead atoms. The Bertz CT molecular complexity index is 1160. The van der Waals surface area contributed by atoms with Gasteiger partial charge in [0.25, 0.3) is 5.91 Å². The molecule has 2 aromatic carbocycles. The van der Waals surface area contributed by atoms with Gasteiger partial charge in [-0.15, -0.1) is 11.3 Å². The van der Waals surface area contributed by atoms with Gasteiger partial charge in [-0.3, -0.25) is 19.3 Å². The molecule has 1 unspecified atom stereocenters. The van der Waals surface area contributed by atoms with Gasteiger partial charge in [-0.25, -0.2) is 4.98 Å². The largest absolute Gasteiger partial charge is 0.479 e. The molecule has 0 spiro atoms. The lowest BCUT2D eigenvalue weighted by molar-refractivity contribution is -0.144. The normalized spacial score (nSPS) is 14.9. The SMILES string of the molecule is CC(=O)N(c1ccccc1)c1nc(COC(=O)CCN2C(=O)C(C)Oc3ccccc32)cs1. The van der Waals surface area contributed by atoms with Crippen LogP contribution < -0.4 is 14.5 Å². The van der Waals surface area contributed by atoms with Gasteiger partial charge in [0.1, 0.15) is 12.4 Å². The number of amides is 2. The van der Waals surface area contributed by atoms with Crippen molar-refractivity contribution in [2.45, 2.75) is 33.0 Å². The summed E-state index contributed by atoms with van der Waals surface area (Å²) in [6.45, 7) is 3.33. The van der Waals surface area contributed by atoms with Gasteiger partial charge in [0.2, 0.25) is 5.91 Å². The van der Waals surface area contributed by atoms with Crippen LogP contribution in [0.3, 0.4) is 0 Å². The molecule has 1 aliphatic heterocycles. The van der Waals surface area contributed by atoms with Crippen molar-refractivity contribution in [2.75, 3.05) is 16.3 Å². The van der Waals surface area contributed by atoms with Crippen LogP contribution in [0, 0.1) is 0 Å². The van der Waals surface area contributed by atoms with Gasteiger partial charge < -0.3 is 14.4 Å². The summed E-state index contributed by atoms with van der Waals surface area (Å²) >= 11 is 1.30. The average molecular weight is 466 g/mol. The van der Waals surface area contributed by atoms with E-state index in [1.54, 1.807) is 29.3 Å². The lowest BCUT2D eigenvalue weighted by atomic mass is 10.2. The van der Waals surface area contributed by atoms with Crippen molar-refractivity contribution >= 4 is 45.6 Å². The highest BCUT2D eigenvalue weighted by Gasteiger charge is 2.31. The number of nitrogens with zero attached hydrogens (tertiary/aromatic N) is 3. The highest BCUT2D eigenvalue weighted by atomic mass is 32.1. The number of para-hydroxylation sites is 3. The van der Waals surface area contributed by atoms with Crippen molar-refractivity contribution < 1.29 is 23.9 Å². The van der Waals surface area contributed by atoms with Crippen LogP contribution in [0.5, 0.6) is 5.75 Å². The van der Waals surface area contributed by atoms with Gasteiger partial charge >= 0.3 is 5.97 Å². The molecule has 2 heterocycles. The van der Waals surface area contributed by atoms with Gasteiger partial charge in [-0.2, -0.15) is 0 Å². The number of hydrogen-bond acceptors (Lipinski definition) is 7. The Kier molecular flexibility index (Phi) is 6.69. The van der Waals surface area contributed by atoms with Gasteiger partial charge in [0, 0.05) is 18.8 Å². The topological polar surface area (TPSA) is 89.0 Å². The van der Waals surface area contributed by atoms with Crippen LogP contribution in [0.25, 0.3) is 0 Å². The Morgan fingerprint density at radius 1 is 1.15 bits per heavy atom. The first-order chi connectivity index (χ1) is 15.9. The van der Waals surface area contributed by atoms with Crippen molar-refractivity contribution in [3.05, 3.63) is 65.7 Å². The zero-order valence-corrected chi connectivity index (χ0v) is 19.1. The molecular weight excluding hydrogens is 442 g/mol. The van der Waals surface area contributed by atoms with Gasteiger partial charge in [0.05, 0.1) is 23.5 Å². The van der Waals surface area contributed by atoms with E-state index in [0.717, 1.165) is 0 Å². The summed E-state index contributed by atoms with van der Waals surface area (Å²) in [5.74, 6) is -0.193. The molecule has 0 aliphatic carbocycles. The first-order valence-corrected chi connectivity index (χ1v) is 11.3. The third kappa shape index (κ3) is 5.04. The molecule has 3 aromatic rings. The number of thiazole rings is 1. The molecule has 1 atom stereocenters. The van der Waals surface area contributed by atoms with Crippen molar-refractivity contribution in [3.8, 4) is 5.75 Å². The monoisotopic (exact) mass is 465 g/mol. The second-order valence-electron chi connectivity index (χ2n) is 7.44. The number of hydrogen-bond donors (Lipinski definition) is 0. The Morgan fingerprint density at radius 2 is 1.88 bits per heavy atom. The molecule has 170 valence electrons. The van der Waals surface area contributed by atoms with Crippen LogP contribution in [0.4, 0.5) is 16.5 Å². The summed E-state index contributed by atoms with van der Waals surface area (Å²) in [5.41, 5.74) is 1.90. The Hall–Kier alpha value is -3.72. The third-order valence-corrected chi connectivity index (χ3v) is 5.93. The summed E-state index contributed by atoms with van der Waals surface area (Å²) < 4.78 is 11.0. The summed E-state index contributed by atoms with van der Waals surface area (Å²) in [5, 5.41) is 2.26. The number of benzene rings is 2. The summed E-state index contributed by atoms with van der Waals surface area (Å²) in [6.07, 6.45) is -0.578. The maximum Gasteiger partial charge on any atom is 0.307 e. The number of carbonyl (C=O) groups excluding carboxylic acids is 3. The molecule has 1 aliphatic rings. The van der Waals surface area contributed by atoms with E-state index in [2.05, 4.69) is 4.98 Å². The fourth-order valence-electron chi connectivity index (χ4n) is 3.49. The van der Waals surface area contributed by atoms with Crippen LogP contribution in [-0.2, 0) is 25.7 Å². The second-order valence-corrected chi connectivity index (χ2v) is 8.28. The molecule has 0 radical (unpaired) electrons. The summed E-state index contributed by atoms with van der Waals surface area (Å²) in [6, 6.07) is 16.5. The number of ether oxygens (including phenoxy) is 2. The van der Waals surface area contributed by atoms with Crippen molar-refractivity contribution in [3.63, 3.8) is 0 Å². The summed E-state index contributed by atoms with van der Waals surface area (Å²) in [7, 11) is 0. The number of esters is 1. The number of carbonyl (C=O) groups is 3. The van der Waals surface area contributed by atoms with E-state index >= 15 is 0 Å². The molecule has 9 heteroatoms. The molecule has 2 amide bonds. The Morgan fingerprint density at radius 3 is 2.64 bits per heavy atom. The molecule has 8 nitrogen and oxygen atoms in total. The molecule has 0 saturated carbocycles. The minimum atomic E-state index is -0.613. The van der Waals surface area contributed by atoms with Gasteiger partial charge in [0.15, 0.2) is 11.2 Å². The van der Waals surface area contributed by atoms with Crippen LogP contribution in [0.2, 0.25) is 0 Å². The van der Waals surface area contributed by atoms with Crippen LogP contribution in [0.1, 0.15) is 26.0 Å². The number of rotatable bonds is 7. The quantitative estimate of drug-likeness (QED) is 0.489. The lowest BCUT2D eigenvalue weighted by Gasteiger charge is -2.32. The molecule has 0 fully saturated rings. The van der Waals surface area contributed by atoms with Crippen molar-refractivity contribution in [1.82, 2.24) is 4.98 Å². The highest BCUT2D eigenvalue weighted by Crippen LogP contribution is 2.33. The van der Waals surface area contributed by atoms with E-state index in [1.165, 1.54) is 23.2 Å². The first kappa shape index (κ1) is 22.5. The predicted molar refractivity (Wildman–Crippen MR) is 125 cm³/mol. The zero-order valence-electron chi connectivity index (χ0n) is 18.3.